The van der Waals surface area contributed by atoms with Crippen molar-refractivity contribution < 1.29 is 21.7 Å². The smallest absolute Gasteiger partial charge is 0.341 e. The van der Waals surface area contributed by atoms with E-state index in [2.05, 4.69) is 9.68 Å². The van der Waals surface area contributed by atoms with Gasteiger partial charge in [-0.3, -0.25) is 10.1 Å². The molecule has 2 rings (SSSR count). The molecule has 0 saturated carbocycles. The number of halogens is 1. The Labute approximate surface area is 100 Å². The Morgan fingerprint density at radius 1 is 1.28 bits per heavy atom. The minimum absolute atomic E-state index is 0.0705. The van der Waals surface area contributed by atoms with Crippen molar-refractivity contribution in [3.05, 3.63) is 40.4 Å². The molecule has 0 bridgehead atoms. The van der Waals surface area contributed by atoms with E-state index >= 15 is 0 Å². The highest BCUT2D eigenvalue weighted by atomic mass is 32.3. The van der Waals surface area contributed by atoms with Gasteiger partial charge in [0, 0.05) is 23.8 Å². The molecule has 94 valence electrons. The molecule has 0 fully saturated rings. The first-order valence-corrected chi connectivity index (χ1v) is 5.92. The average Bonchev–Trinajstić information content (AvgIpc) is 2.78. The molecular weight excluding hydrogens is 267 g/mol. The van der Waals surface area contributed by atoms with Gasteiger partial charge in [0.25, 0.3) is 10.8 Å². The van der Waals surface area contributed by atoms with E-state index in [9.17, 15) is 22.4 Å². The van der Waals surface area contributed by atoms with E-state index < -0.39 is 20.2 Å². The third-order valence-electron chi connectivity index (χ3n) is 2.10. The van der Waals surface area contributed by atoms with Crippen LogP contribution in [0.1, 0.15) is 0 Å². The van der Waals surface area contributed by atoms with Gasteiger partial charge in [0.1, 0.15) is 5.69 Å². The molecule has 0 radical (unpaired) electrons. The SMILES string of the molecule is O=[N+]([O-])c1ccc(-c2cc(S(=O)(=O)F)on2)cc1. The molecular formula is C9H5FN2O5S. The lowest BCUT2D eigenvalue weighted by Gasteiger charge is -1.94. The molecule has 0 aliphatic heterocycles. The summed E-state index contributed by atoms with van der Waals surface area (Å²) < 4.78 is 37.9. The Balaban J connectivity index is 2.38. The lowest BCUT2D eigenvalue weighted by Crippen LogP contribution is -1.88. The van der Waals surface area contributed by atoms with Crippen molar-refractivity contribution >= 4 is 15.9 Å². The van der Waals surface area contributed by atoms with Crippen LogP contribution in [0.2, 0.25) is 0 Å². The first-order chi connectivity index (χ1) is 8.38. The van der Waals surface area contributed by atoms with Gasteiger partial charge < -0.3 is 4.52 Å². The summed E-state index contributed by atoms with van der Waals surface area (Å²) in [5.41, 5.74) is 0.320. The molecule has 0 atom stereocenters. The zero-order valence-corrected chi connectivity index (χ0v) is 9.43. The highest BCUT2D eigenvalue weighted by Gasteiger charge is 2.19. The predicted molar refractivity (Wildman–Crippen MR) is 56.9 cm³/mol. The molecule has 1 heterocycles. The van der Waals surface area contributed by atoms with Crippen molar-refractivity contribution in [2.45, 2.75) is 5.09 Å². The van der Waals surface area contributed by atoms with E-state index in [-0.39, 0.29) is 11.4 Å². The van der Waals surface area contributed by atoms with Crippen molar-refractivity contribution in [3.8, 4) is 11.3 Å². The highest BCUT2D eigenvalue weighted by Crippen LogP contribution is 2.24. The number of aromatic nitrogens is 1. The first kappa shape index (κ1) is 12.2. The summed E-state index contributed by atoms with van der Waals surface area (Å²) in [5, 5.41) is 12.9. The van der Waals surface area contributed by atoms with E-state index in [1.54, 1.807) is 0 Å². The summed E-state index contributed by atoms with van der Waals surface area (Å²) in [4.78, 5) is 9.85. The average molecular weight is 272 g/mol. The van der Waals surface area contributed by atoms with Crippen molar-refractivity contribution in [3.63, 3.8) is 0 Å². The van der Waals surface area contributed by atoms with Crippen LogP contribution in [0.3, 0.4) is 0 Å². The zero-order chi connectivity index (χ0) is 13.3. The fourth-order valence-corrected chi connectivity index (χ4v) is 1.64. The first-order valence-electron chi connectivity index (χ1n) is 4.54. The number of rotatable bonds is 3. The zero-order valence-electron chi connectivity index (χ0n) is 8.61. The van der Waals surface area contributed by atoms with E-state index in [1.165, 1.54) is 24.3 Å². The topological polar surface area (TPSA) is 103 Å². The van der Waals surface area contributed by atoms with Gasteiger partial charge in [-0.15, -0.1) is 0 Å². The van der Waals surface area contributed by atoms with Crippen molar-refractivity contribution in [1.29, 1.82) is 0 Å². The molecule has 2 aromatic rings. The van der Waals surface area contributed by atoms with Crippen LogP contribution in [0.5, 0.6) is 0 Å². The normalized spacial score (nSPS) is 11.4. The number of hydrogen-bond acceptors (Lipinski definition) is 6. The van der Waals surface area contributed by atoms with Gasteiger partial charge in [0.2, 0.25) is 0 Å². The maximum atomic E-state index is 12.6. The van der Waals surface area contributed by atoms with Crippen LogP contribution in [-0.4, -0.2) is 18.5 Å². The standard InChI is InChI=1S/C9H5FN2O5S/c10-18(15,16)9-5-8(11-17-9)6-1-3-7(4-2-6)12(13)14/h1-5H. The largest absolute Gasteiger partial charge is 0.368 e. The lowest BCUT2D eigenvalue weighted by atomic mass is 10.1. The van der Waals surface area contributed by atoms with Crippen molar-refractivity contribution in [2.24, 2.45) is 0 Å². The molecule has 9 heteroatoms. The van der Waals surface area contributed by atoms with Crippen molar-refractivity contribution in [2.75, 3.05) is 0 Å². The summed E-state index contributed by atoms with van der Waals surface area (Å²) in [5.74, 6) is 0. The van der Waals surface area contributed by atoms with Crippen LogP contribution >= 0.6 is 0 Å². The van der Waals surface area contributed by atoms with Gasteiger partial charge >= 0.3 is 10.2 Å². The number of nitro groups is 1. The van der Waals surface area contributed by atoms with E-state index in [4.69, 9.17) is 0 Å². The molecule has 0 N–H and O–H groups in total. The number of benzene rings is 1. The van der Waals surface area contributed by atoms with Gasteiger partial charge in [-0.1, -0.05) is 9.04 Å². The van der Waals surface area contributed by atoms with Gasteiger partial charge in [0.05, 0.1) is 4.92 Å². The highest BCUT2D eigenvalue weighted by molar-refractivity contribution is 7.86. The van der Waals surface area contributed by atoms with Crippen molar-refractivity contribution in [1.82, 2.24) is 5.16 Å². The molecule has 7 nitrogen and oxygen atoms in total. The molecule has 18 heavy (non-hydrogen) atoms. The molecule has 0 aliphatic rings. The van der Waals surface area contributed by atoms with Crippen LogP contribution in [0.25, 0.3) is 11.3 Å². The maximum Gasteiger partial charge on any atom is 0.368 e. The molecule has 0 aliphatic carbocycles. The van der Waals surface area contributed by atoms with Crippen LogP contribution in [0.15, 0.2) is 39.9 Å². The summed E-state index contributed by atoms with van der Waals surface area (Å²) in [6, 6.07) is 6.03. The summed E-state index contributed by atoms with van der Waals surface area (Å²) >= 11 is 0. The fraction of sp³-hybridized carbons (Fsp3) is 0. The fourth-order valence-electron chi connectivity index (χ4n) is 1.26. The van der Waals surface area contributed by atoms with Crippen LogP contribution in [-0.2, 0) is 10.2 Å². The predicted octanol–water partition coefficient (Wildman–Crippen LogP) is 1.91. The molecule has 0 spiro atoms. The van der Waals surface area contributed by atoms with Gasteiger partial charge in [-0.2, -0.15) is 8.42 Å². The monoisotopic (exact) mass is 272 g/mol. The van der Waals surface area contributed by atoms with E-state index in [1.807, 2.05) is 0 Å². The van der Waals surface area contributed by atoms with Crippen LogP contribution < -0.4 is 0 Å². The lowest BCUT2D eigenvalue weighted by molar-refractivity contribution is -0.384. The molecule has 1 aromatic heterocycles. The van der Waals surface area contributed by atoms with Gasteiger partial charge in [0.15, 0.2) is 0 Å². The molecule has 0 amide bonds. The third kappa shape index (κ3) is 2.35. The number of non-ortho nitro benzene ring substituents is 1. The Morgan fingerprint density at radius 2 is 1.89 bits per heavy atom. The maximum absolute atomic E-state index is 12.6. The second-order valence-electron chi connectivity index (χ2n) is 3.27. The molecule has 0 saturated heterocycles. The summed E-state index contributed by atoms with van der Waals surface area (Å²) in [6.45, 7) is 0. The molecule has 1 aromatic carbocycles. The van der Waals surface area contributed by atoms with E-state index in [0.717, 1.165) is 6.07 Å². The quantitative estimate of drug-likeness (QED) is 0.480. The number of nitro benzene ring substituents is 1. The minimum Gasteiger partial charge on any atom is -0.341 e. The van der Waals surface area contributed by atoms with E-state index in [0.29, 0.717) is 5.56 Å². The van der Waals surface area contributed by atoms with Crippen LogP contribution in [0, 0.1) is 10.1 Å². The Kier molecular flexibility index (Phi) is 2.83. The number of nitrogens with zero attached hydrogens (tertiary/aromatic N) is 2. The van der Waals surface area contributed by atoms with Gasteiger partial charge in [-0.05, 0) is 12.1 Å². The Hall–Kier alpha value is -2.29. The Morgan fingerprint density at radius 3 is 2.33 bits per heavy atom. The Bertz CT molecular complexity index is 692. The minimum atomic E-state index is -4.95. The summed E-state index contributed by atoms with van der Waals surface area (Å²) in [7, 11) is -4.95. The van der Waals surface area contributed by atoms with Crippen LogP contribution in [0.4, 0.5) is 9.57 Å². The number of hydrogen-bond donors (Lipinski definition) is 0. The van der Waals surface area contributed by atoms with Gasteiger partial charge in [-0.25, -0.2) is 0 Å². The molecule has 0 unspecified atom stereocenters. The third-order valence-corrected chi connectivity index (χ3v) is 2.78. The second-order valence-corrected chi connectivity index (χ2v) is 4.55. The summed E-state index contributed by atoms with van der Waals surface area (Å²) in [6.07, 6.45) is 0. The second kappa shape index (κ2) is 4.18.